The van der Waals surface area contributed by atoms with Crippen LogP contribution in [-0.4, -0.2) is 19.6 Å². The van der Waals surface area contributed by atoms with Crippen molar-refractivity contribution in [2.75, 3.05) is 13.7 Å². The van der Waals surface area contributed by atoms with Crippen molar-refractivity contribution in [3.63, 3.8) is 0 Å². The third-order valence-electron chi connectivity index (χ3n) is 3.62. The highest BCUT2D eigenvalue weighted by Gasteiger charge is 2.59. The standard InChI is InChI=1S/C12H17NO3/c1-12(2)7(6-13)10(12)8-4-5-9(16-8)11(14)15-3/h4-5,7,10H,6,13H2,1-3H3/t7-,10+/m0/s1. The van der Waals surface area contributed by atoms with E-state index in [2.05, 4.69) is 18.6 Å². The van der Waals surface area contributed by atoms with Gasteiger partial charge in [0.1, 0.15) is 5.76 Å². The molecule has 0 aliphatic heterocycles. The summed E-state index contributed by atoms with van der Waals surface area (Å²) in [6.45, 7) is 4.97. The van der Waals surface area contributed by atoms with E-state index in [0.717, 1.165) is 5.76 Å². The van der Waals surface area contributed by atoms with E-state index in [1.807, 2.05) is 6.07 Å². The van der Waals surface area contributed by atoms with E-state index >= 15 is 0 Å². The molecule has 0 spiro atoms. The van der Waals surface area contributed by atoms with Crippen LogP contribution in [0.2, 0.25) is 0 Å². The van der Waals surface area contributed by atoms with Gasteiger partial charge in [-0.05, 0) is 30.0 Å². The molecule has 1 aliphatic rings. The summed E-state index contributed by atoms with van der Waals surface area (Å²) < 4.78 is 10.1. The van der Waals surface area contributed by atoms with Gasteiger partial charge in [0.25, 0.3) is 0 Å². The molecule has 1 aromatic rings. The van der Waals surface area contributed by atoms with Crippen LogP contribution in [0.1, 0.15) is 36.1 Å². The molecule has 1 heterocycles. The second-order valence-corrected chi connectivity index (χ2v) is 4.83. The summed E-state index contributed by atoms with van der Waals surface area (Å²) in [6, 6.07) is 3.50. The SMILES string of the molecule is COC(=O)c1ccc([C@H]2[C@H](CN)C2(C)C)o1. The van der Waals surface area contributed by atoms with Gasteiger partial charge in [0.05, 0.1) is 7.11 Å². The van der Waals surface area contributed by atoms with Crippen LogP contribution >= 0.6 is 0 Å². The van der Waals surface area contributed by atoms with Crippen LogP contribution in [0.5, 0.6) is 0 Å². The first-order chi connectivity index (χ1) is 7.52. The molecule has 2 atom stereocenters. The minimum atomic E-state index is -0.436. The van der Waals surface area contributed by atoms with Gasteiger partial charge in [0.15, 0.2) is 0 Å². The van der Waals surface area contributed by atoms with Gasteiger partial charge in [-0.3, -0.25) is 0 Å². The van der Waals surface area contributed by atoms with E-state index in [1.165, 1.54) is 7.11 Å². The Kier molecular flexibility index (Phi) is 2.54. The van der Waals surface area contributed by atoms with Crippen LogP contribution in [0.25, 0.3) is 0 Å². The van der Waals surface area contributed by atoms with E-state index in [-0.39, 0.29) is 11.2 Å². The van der Waals surface area contributed by atoms with Crippen LogP contribution in [0.3, 0.4) is 0 Å². The van der Waals surface area contributed by atoms with E-state index in [4.69, 9.17) is 10.2 Å². The summed E-state index contributed by atoms with van der Waals surface area (Å²) in [6.07, 6.45) is 0. The maximum absolute atomic E-state index is 11.2. The highest BCUT2D eigenvalue weighted by Crippen LogP contribution is 2.63. The lowest BCUT2D eigenvalue weighted by Crippen LogP contribution is -2.05. The number of furan rings is 1. The Bertz CT molecular complexity index is 408. The van der Waals surface area contributed by atoms with Crippen molar-refractivity contribution >= 4 is 5.97 Å². The molecule has 16 heavy (non-hydrogen) atoms. The summed E-state index contributed by atoms with van der Waals surface area (Å²) in [4.78, 5) is 11.2. The van der Waals surface area contributed by atoms with Crippen LogP contribution in [0.4, 0.5) is 0 Å². The van der Waals surface area contributed by atoms with Gasteiger partial charge in [0.2, 0.25) is 5.76 Å². The topological polar surface area (TPSA) is 65.5 Å². The van der Waals surface area contributed by atoms with Crippen molar-refractivity contribution < 1.29 is 13.9 Å². The Morgan fingerprint density at radius 2 is 2.25 bits per heavy atom. The second-order valence-electron chi connectivity index (χ2n) is 4.83. The highest BCUT2D eigenvalue weighted by atomic mass is 16.5. The van der Waals surface area contributed by atoms with E-state index in [1.54, 1.807) is 6.07 Å². The number of hydrogen-bond acceptors (Lipinski definition) is 4. The fourth-order valence-corrected chi connectivity index (χ4v) is 2.48. The van der Waals surface area contributed by atoms with Crippen LogP contribution in [0, 0.1) is 11.3 Å². The van der Waals surface area contributed by atoms with Crippen molar-refractivity contribution in [1.82, 2.24) is 0 Å². The Hall–Kier alpha value is -1.29. The van der Waals surface area contributed by atoms with Gasteiger partial charge in [-0.15, -0.1) is 0 Å². The van der Waals surface area contributed by atoms with Gasteiger partial charge in [-0.1, -0.05) is 13.8 Å². The Morgan fingerprint density at radius 1 is 1.56 bits per heavy atom. The zero-order valence-corrected chi connectivity index (χ0v) is 9.82. The summed E-state index contributed by atoms with van der Waals surface area (Å²) >= 11 is 0. The van der Waals surface area contributed by atoms with Crippen molar-refractivity contribution in [2.24, 2.45) is 17.1 Å². The molecule has 4 heteroatoms. The number of carbonyl (C=O) groups is 1. The Labute approximate surface area is 94.8 Å². The molecule has 1 aliphatic carbocycles. The molecule has 88 valence electrons. The smallest absolute Gasteiger partial charge is 0.373 e. The van der Waals surface area contributed by atoms with Crippen molar-refractivity contribution in [2.45, 2.75) is 19.8 Å². The van der Waals surface area contributed by atoms with E-state index in [9.17, 15) is 4.79 Å². The number of hydrogen-bond donors (Lipinski definition) is 1. The lowest BCUT2D eigenvalue weighted by Gasteiger charge is -1.99. The zero-order chi connectivity index (χ0) is 11.9. The zero-order valence-electron chi connectivity index (χ0n) is 9.82. The molecular weight excluding hydrogens is 206 g/mol. The normalized spacial score (nSPS) is 26.5. The Balaban J connectivity index is 2.18. The predicted molar refractivity (Wildman–Crippen MR) is 59.1 cm³/mol. The molecule has 1 aromatic heterocycles. The predicted octanol–water partition coefficient (Wildman–Crippen LogP) is 1.76. The van der Waals surface area contributed by atoms with Gasteiger partial charge in [0, 0.05) is 5.92 Å². The third-order valence-corrected chi connectivity index (χ3v) is 3.62. The second kappa shape index (κ2) is 3.63. The number of esters is 1. The molecule has 4 nitrogen and oxygen atoms in total. The van der Waals surface area contributed by atoms with Crippen LogP contribution < -0.4 is 5.73 Å². The monoisotopic (exact) mass is 223 g/mol. The molecule has 2 rings (SSSR count). The molecule has 0 radical (unpaired) electrons. The summed E-state index contributed by atoms with van der Waals surface area (Å²) in [5.41, 5.74) is 5.86. The van der Waals surface area contributed by atoms with Gasteiger partial charge in [-0.25, -0.2) is 4.79 Å². The quantitative estimate of drug-likeness (QED) is 0.793. The molecule has 0 saturated heterocycles. The van der Waals surface area contributed by atoms with Gasteiger partial charge in [-0.2, -0.15) is 0 Å². The van der Waals surface area contributed by atoms with Crippen molar-refractivity contribution in [3.8, 4) is 0 Å². The van der Waals surface area contributed by atoms with E-state index < -0.39 is 5.97 Å². The average molecular weight is 223 g/mol. The molecule has 0 aromatic carbocycles. The van der Waals surface area contributed by atoms with Crippen LogP contribution in [-0.2, 0) is 4.74 Å². The molecule has 0 amide bonds. The first-order valence-electron chi connectivity index (χ1n) is 5.40. The van der Waals surface area contributed by atoms with Crippen molar-refractivity contribution in [3.05, 3.63) is 23.7 Å². The fourth-order valence-electron chi connectivity index (χ4n) is 2.48. The number of rotatable bonds is 3. The number of carbonyl (C=O) groups excluding carboxylic acids is 1. The maximum atomic E-state index is 11.2. The van der Waals surface area contributed by atoms with Gasteiger partial charge >= 0.3 is 5.97 Å². The lowest BCUT2D eigenvalue weighted by molar-refractivity contribution is 0.0562. The highest BCUT2D eigenvalue weighted by molar-refractivity contribution is 5.86. The van der Waals surface area contributed by atoms with E-state index in [0.29, 0.717) is 18.4 Å². The minimum absolute atomic E-state index is 0.167. The largest absolute Gasteiger partial charge is 0.463 e. The average Bonchev–Trinajstić information content (AvgIpc) is 2.67. The number of ether oxygens (including phenoxy) is 1. The number of nitrogens with two attached hydrogens (primary N) is 1. The van der Waals surface area contributed by atoms with Crippen LogP contribution in [0.15, 0.2) is 16.5 Å². The summed E-state index contributed by atoms with van der Waals surface area (Å²) in [5.74, 6) is 1.41. The molecule has 1 saturated carbocycles. The molecule has 0 unspecified atom stereocenters. The van der Waals surface area contributed by atoms with Crippen molar-refractivity contribution in [1.29, 1.82) is 0 Å². The summed E-state index contributed by atoms with van der Waals surface area (Å²) in [5, 5.41) is 0. The maximum Gasteiger partial charge on any atom is 0.373 e. The first-order valence-corrected chi connectivity index (χ1v) is 5.40. The number of methoxy groups -OCH3 is 1. The Morgan fingerprint density at radius 3 is 2.75 bits per heavy atom. The lowest BCUT2D eigenvalue weighted by atomic mass is 10.1. The molecule has 1 fully saturated rings. The first kappa shape index (κ1) is 11.2. The minimum Gasteiger partial charge on any atom is -0.463 e. The third kappa shape index (κ3) is 1.53. The molecular formula is C12H17NO3. The molecule has 2 N–H and O–H groups in total. The fraction of sp³-hybridized carbons (Fsp3) is 0.583. The molecule has 0 bridgehead atoms. The van der Waals surface area contributed by atoms with Gasteiger partial charge < -0.3 is 14.9 Å². The summed E-state index contributed by atoms with van der Waals surface area (Å²) in [7, 11) is 1.34.